The fourth-order valence-corrected chi connectivity index (χ4v) is 2.59. The molecule has 3 aromatic rings. The van der Waals surface area contributed by atoms with Gasteiger partial charge in [0.25, 0.3) is 0 Å². The van der Waals surface area contributed by atoms with E-state index in [0.717, 1.165) is 29.7 Å². The van der Waals surface area contributed by atoms with Crippen molar-refractivity contribution >= 4 is 16.7 Å². The van der Waals surface area contributed by atoms with E-state index in [4.69, 9.17) is 0 Å². The Labute approximate surface area is 125 Å². The zero-order valence-corrected chi connectivity index (χ0v) is 12.2. The number of nitrogens with zero attached hydrogens (tertiary/aromatic N) is 2. The second kappa shape index (κ2) is 6.35. The molecule has 1 atom stereocenters. The average molecular weight is 277 g/mol. The molecule has 0 saturated heterocycles. The van der Waals surface area contributed by atoms with Crippen LogP contribution in [0.25, 0.3) is 10.9 Å². The molecular formula is C18H19N3. The smallest absolute Gasteiger partial charge is 0.137 e. The molecule has 1 N–H and O–H groups in total. The highest BCUT2D eigenvalue weighted by molar-refractivity contribution is 5.88. The minimum absolute atomic E-state index is 0.486. The Morgan fingerprint density at radius 2 is 1.71 bits per heavy atom. The van der Waals surface area contributed by atoms with Gasteiger partial charge >= 0.3 is 0 Å². The van der Waals surface area contributed by atoms with Crippen LogP contribution in [0.15, 0.2) is 60.9 Å². The van der Waals surface area contributed by atoms with Crippen LogP contribution >= 0.6 is 0 Å². The van der Waals surface area contributed by atoms with Crippen molar-refractivity contribution in [3.63, 3.8) is 0 Å². The third kappa shape index (κ3) is 3.02. The summed E-state index contributed by atoms with van der Waals surface area (Å²) in [6, 6.07) is 18.7. The summed E-state index contributed by atoms with van der Waals surface area (Å²) < 4.78 is 0. The molecule has 0 bridgehead atoms. The Balaban J connectivity index is 1.79. The standard InChI is InChI=1S/C18H19N3/c1-2-14(15-8-4-3-5-9-15)12-19-18-16-10-6-7-11-17(16)20-13-21-18/h3-11,13-14H,2,12H2,1H3,(H,19,20,21). The van der Waals surface area contributed by atoms with Gasteiger partial charge in [-0.05, 0) is 24.1 Å². The number of aromatic nitrogens is 2. The van der Waals surface area contributed by atoms with E-state index >= 15 is 0 Å². The van der Waals surface area contributed by atoms with Crippen LogP contribution in [0.2, 0.25) is 0 Å². The fraction of sp³-hybridized carbons (Fsp3) is 0.222. The monoisotopic (exact) mass is 277 g/mol. The van der Waals surface area contributed by atoms with Gasteiger partial charge < -0.3 is 5.32 Å². The van der Waals surface area contributed by atoms with Gasteiger partial charge in [0.15, 0.2) is 0 Å². The van der Waals surface area contributed by atoms with Crippen molar-refractivity contribution in [3.8, 4) is 0 Å². The minimum Gasteiger partial charge on any atom is -0.369 e. The van der Waals surface area contributed by atoms with Crippen molar-refractivity contribution in [2.45, 2.75) is 19.3 Å². The Hall–Kier alpha value is -2.42. The largest absolute Gasteiger partial charge is 0.369 e. The van der Waals surface area contributed by atoms with Crippen molar-refractivity contribution in [2.75, 3.05) is 11.9 Å². The van der Waals surface area contributed by atoms with E-state index in [9.17, 15) is 0 Å². The van der Waals surface area contributed by atoms with E-state index < -0.39 is 0 Å². The Bertz CT molecular complexity index is 704. The second-order valence-corrected chi connectivity index (χ2v) is 5.14. The molecule has 0 spiro atoms. The molecule has 0 saturated carbocycles. The normalized spacial score (nSPS) is 12.2. The zero-order valence-electron chi connectivity index (χ0n) is 12.2. The van der Waals surface area contributed by atoms with Gasteiger partial charge in [-0.2, -0.15) is 0 Å². The first kappa shape index (κ1) is 13.6. The van der Waals surface area contributed by atoms with Crippen molar-refractivity contribution in [2.24, 2.45) is 0 Å². The molecule has 21 heavy (non-hydrogen) atoms. The number of para-hydroxylation sites is 1. The lowest BCUT2D eigenvalue weighted by molar-refractivity contribution is 0.694. The number of fused-ring (bicyclic) bond motifs is 1. The maximum atomic E-state index is 4.38. The number of hydrogen-bond donors (Lipinski definition) is 1. The van der Waals surface area contributed by atoms with E-state index in [1.54, 1.807) is 6.33 Å². The number of benzene rings is 2. The van der Waals surface area contributed by atoms with Crippen LogP contribution in [-0.2, 0) is 0 Å². The number of anilines is 1. The highest BCUT2D eigenvalue weighted by atomic mass is 15.0. The third-order valence-corrected chi connectivity index (χ3v) is 3.82. The van der Waals surface area contributed by atoms with Crippen LogP contribution in [0, 0.1) is 0 Å². The summed E-state index contributed by atoms with van der Waals surface area (Å²) in [5.41, 5.74) is 2.34. The SMILES string of the molecule is CCC(CNc1ncnc2ccccc12)c1ccccc1. The first-order chi connectivity index (χ1) is 10.4. The maximum Gasteiger partial charge on any atom is 0.137 e. The predicted molar refractivity (Wildman–Crippen MR) is 87.5 cm³/mol. The summed E-state index contributed by atoms with van der Waals surface area (Å²) in [6.07, 6.45) is 2.72. The van der Waals surface area contributed by atoms with Crippen molar-refractivity contribution < 1.29 is 0 Å². The molecule has 0 radical (unpaired) electrons. The molecule has 1 aromatic heterocycles. The summed E-state index contributed by atoms with van der Waals surface area (Å²) in [5, 5.41) is 4.56. The van der Waals surface area contributed by atoms with Gasteiger partial charge in [-0.3, -0.25) is 0 Å². The lowest BCUT2D eigenvalue weighted by atomic mass is 9.96. The highest BCUT2D eigenvalue weighted by Crippen LogP contribution is 2.22. The summed E-state index contributed by atoms with van der Waals surface area (Å²) in [7, 11) is 0. The van der Waals surface area contributed by atoms with Gasteiger partial charge in [0, 0.05) is 17.8 Å². The van der Waals surface area contributed by atoms with Crippen molar-refractivity contribution in [3.05, 3.63) is 66.5 Å². The Kier molecular flexibility index (Phi) is 4.10. The van der Waals surface area contributed by atoms with Crippen LogP contribution in [0.4, 0.5) is 5.82 Å². The first-order valence-electron chi connectivity index (χ1n) is 7.37. The predicted octanol–water partition coefficient (Wildman–Crippen LogP) is 4.24. The molecular weight excluding hydrogens is 258 g/mol. The van der Waals surface area contributed by atoms with Gasteiger partial charge in [0.1, 0.15) is 12.1 Å². The molecule has 1 unspecified atom stereocenters. The zero-order chi connectivity index (χ0) is 14.5. The summed E-state index contributed by atoms with van der Waals surface area (Å²) in [6.45, 7) is 3.10. The van der Waals surface area contributed by atoms with E-state index in [1.165, 1.54) is 5.56 Å². The summed E-state index contributed by atoms with van der Waals surface area (Å²) in [5.74, 6) is 1.40. The maximum absolute atomic E-state index is 4.38. The first-order valence-corrected chi connectivity index (χ1v) is 7.37. The van der Waals surface area contributed by atoms with E-state index in [-0.39, 0.29) is 0 Å². The molecule has 1 heterocycles. The van der Waals surface area contributed by atoms with E-state index in [0.29, 0.717) is 5.92 Å². The van der Waals surface area contributed by atoms with Gasteiger partial charge in [-0.25, -0.2) is 9.97 Å². The Morgan fingerprint density at radius 3 is 2.52 bits per heavy atom. The lowest BCUT2D eigenvalue weighted by Gasteiger charge is -2.17. The van der Waals surface area contributed by atoms with Crippen molar-refractivity contribution in [1.82, 2.24) is 9.97 Å². The molecule has 2 aromatic carbocycles. The van der Waals surface area contributed by atoms with Gasteiger partial charge in [-0.1, -0.05) is 49.4 Å². The molecule has 0 aliphatic rings. The molecule has 3 rings (SSSR count). The van der Waals surface area contributed by atoms with Crippen LogP contribution < -0.4 is 5.32 Å². The molecule has 0 fully saturated rings. The average Bonchev–Trinajstić information content (AvgIpc) is 2.56. The highest BCUT2D eigenvalue weighted by Gasteiger charge is 2.10. The van der Waals surface area contributed by atoms with Crippen molar-refractivity contribution in [1.29, 1.82) is 0 Å². The third-order valence-electron chi connectivity index (χ3n) is 3.82. The number of hydrogen-bond acceptors (Lipinski definition) is 3. The van der Waals surface area contributed by atoms with Crippen LogP contribution in [-0.4, -0.2) is 16.5 Å². The second-order valence-electron chi connectivity index (χ2n) is 5.14. The van der Waals surface area contributed by atoms with Crippen LogP contribution in [0.5, 0.6) is 0 Å². The quantitative estimate of drug-likeness (QED) is 0.758. The molecule has 106 valence electrons. The molecule has 3 nitrogen and oxygen atoms in total. The van der Waals surface area contributed by atoms with Crippen LogP contribution in [0.1, 0.15) is 24.8 Å². The molecule has 0 aliphatic carbocycles. The van der Waals surface area contributed by atoms with E-state index in [1.807, 2.05) is 18.2 Å². The molecule has 0 amide bonds. The Morgan fingerprint density at radius 1 is 0.952 bits per heavy atom. The fourth-order valence-electron chi connectivity index (χ4n) is 2.59. The molecule has 0 aliphatic heterocycles. The van der Waals surface area contributed by atoms with Gasteiger partial charge in [0.2, 0.25) is 0 Å². The van der Waals surface area contributed by atoms with Crippen LogP contribution in [0.3, 0.4) is 0 Å². The van der Waals surface area contributed by atoms with Gasteiger partial charge in [0.05, 0.1) is 5.52 Å². The molecule has 3 heteroatoms. The minimum atomic E-state index is 0.486. The lowest BCUT2D eigenvalue weighted by Crippen LogP contribution is -2.13. The van der Waals surface area contributed by atoms with E-state index in [2.05, 4.69) is 58.6 Å². The summed E-state index contributed by atoms with van der Waals surface area (Å²) >= 11 is 0. The number of rotatable bonds is 5. The van der Waals surface area contributed by atoms with Gasteiger partial charge in [-0.15, -0.1) is 0 Å². The topological polar surface area (TPSA) is 37.8 Å². The summed E-state index contributed by atoms with van der Waals surface area (Å²) in [4.78, 5) is 8.68. The number of nitrogens with one attached hydrogen (secondary N) is 1.